The minimum atomic E-state index is -0.0323. The van der Waals surface area contributed by atoms with Gasteiger partial charge < -0.3 is 30.6 Å². The summed E-state index contributed by atoms with van der Waals surface area (Å²) in [5.41, 5.74) is 9.27. The highest BCUT2D eigenvalue weighted by molar-refractivity contribution is 5.96. The van der Waals surface area contributed by atoms with Gasteiger partial charge in [-0.05, 0) is 62.1 Å². The second-order valence-corrected chi connectivity index (χ2v) is 11.4. The molecule has 6 rings (SSSR count). The first-order valence-corrected chi connectivity index (χ1v) is 14.6. The second-order valence-electron chi connectivity index (χ2n) is 11.4. The van der Waals surface area contributed by atoms with E-state index < -0.39 is 0 Å². The fraction of sp³-hybridized carbons (Fsp3) is 0.567. The molecule has 10 heteroatoms. The molecule has 1 aromatic heterocycles. The fourth-order valence-electron chi connectivity index (χ4n) is 5.56. The van der Waals surface area contributed by atoms with Gasteiger partial charge in [-0.2, -0.15) is 4.98 Å². The largest absolute Gasteiger partial charge is 0.473 e. The highest BCUT2D eigenvalue weighted by Gasteiger charge is 2.33. The van der Waals surface area contributed by atoms with E-state index in [-0.39, 0.29) is 12.0 Å². The number of nitrogens with one attached hydrogen (secondary N) is 2. The Labute approximate surface area is 235 Å². The van der Waals surface area contributed by atoms with E-state index in [1.807, 2.05) is 31.2 Å². The first kappa shape index (κ1) is 27.0. The van der Waals surface area contributed by atoms with Crippen LogP contribution < -0.4 is 21.1 Å². The number of anilines is 1. The molecule has 2 aromatic rings. The van der Waals surface area contributed by atoms with Crippen LogP contribution in [0.3, 0.4) is 0 Å². The number of hydrogen-bond acceptors (Lipinski definition) is 9. The van der Waals surface area contributed by atoms with Crippen LogP contribution in [-0.2, 0) is 9.47 Å². The minimum absolute atomic E-state index is 0.0323. The van der Waals surface area contributed by atoms with E-state index in [1.165, 1.54) is 6.20 Å². The lowest BCUT2D eigenvalue weighted by Gasteiger charge is -2.34. The molecule has 0 bridgehead atoms. The minimum Gasteiger partial charge on any atom is -0.473 e. The fourth-order valence-corrected chi connectivity index (χ4v) is 5.56. The Hall–Kier alpha value is -3.21. The summed E-state index contributed by atoms with van der Waals surface area (Å²) in [6.45, 7) is 7.82. The number of likely N-dealkylation sites (tertiary alicyclic amines) is 1. The van der Waals surface area contributed by atoms with Gasteiger partial charge in [0, 0.05) is 62.3 Å². The maximum absolute atomic E-state index is 12.7. The zero-order valence-electron chi connectivity index (χ0n) is 23.2. The van der Waals surface area contributed by atoms with E-state index in [9.17, 15) is 4.79 Å². The molecule has 10 nitrogen and oxygen atoms in total. The van der Waals surface area contributed by atoms with Crippen molar-refractivity contribution in [3.8, 4) is 5.88 Å². The lowest BCUT2D eigenvalue weighted by molar-refractivity contribution is -0.0593. The number of amides is 1. The number of aryl methyl sites for hydroxylation is 1. The van der Waals surface area contributed by atoms with Crippen molar-refractivity contribution < 1.29 is 19.0 Å². The standard InChI is InChI=1S/C30H40N6O4/c1-19-12-21(2-5-25(19)30(37)33-22-3-4-22)26(14-31)29-34-27(32-15-20-7-10-38-11-8-20)13-28(35-29)40-24-6-9-36(16-24)23-17-39-18-23/h2,5,12-14,20,22-24H,3-4,6-11,15-18,31H2,1H3,(H,33,37)(H,32,34,35). The van der Waals surface area contributed by atoms with Crippen LogP contribution in [0, 0.1) is 12.8 Å². The normalized spacial score (nSPS) is 22.6. The molecule has 1 amide bonds. The summed E-state index contributed by atoms with van der Waals surface area (Å²) in [5, 5.41) is 6.59. The van der Waals surface area contributed by atoms with E-state index in [1.54, 1.807) is 0 Å². The molecular formula is C30H40N6O4. The van der Waals surface area contributed by atoms with Crippen molar-refractivity contribution in [1.29, 1.82) is 0 Å². The quantitative estimate of drug-likeness (QED) is 0.411. The van der Waals surface area contributed by atoms with Gasteiger partial charge in [0.25, 0.3) is 5.91 Å². The van der Waals surface area contributed by atoms with Crippen LogP contribution in [0.2, 0.25) is 0 Å². The molecule has 1 unspecified atom stereocenters. The lowest BCUT2D eigenvalue weighted by Crippen LogP contribution is -2.48. The summed E-state index contributed by atoms with van der Waals surface area (Å²) in [6, 6.07) is 8.44. The Balaban J connectivity index is 1.23. The number of aromatic nitrogens is 2. The molecule has 1 aromatic carbocycles. The van der Waals surface area contributed by atoms with Crippen molar-refractivity contribution in [1.82, 2.24) is 20.2 Å². The van der Waals surface area contributed by atoms with E-state index in [2.05, 4.69) is 15.5 Å². The maximum Gasteiger partial charge on any atom is 0.251 e. The molecule has 3 saturated heterocycles. The highest BCUT2D eigenvalue weighted by atomic mass is 16.5. The molecule has 1 aliphatic carbocycles. The molecule has 0 radical (unpaired) electrons. The van der Waals surface area contributed by atoms with E-state index in [0.29, 0.717) is 46.7 Å². The van der Waals surface area contributed by atoms with E-state index >= 15 is 0 Å². The Kier molecular flexibility index (Phi) is 8.17. The third-order valence-electron chi connectivity index (χ3n) is 8.32. The summed E-state index contributed by atoms with van der Waals surface area (Å²) in [5.74, 6) is 2.24. The van der Waals surface area contributed by atoms with Gasteiger partial charge in [0.15, 0.2) is 5.82 Å². The summed E-state index contributed by atoms with van der Waals surface area (Å²) in [4.78, 5) is 24.8. The van der Waals surface area contributed by atoms with Crippen molar-refractivity contribution in [3.63, 3.8) is 0 Å². The number of hydrogen-bond donors (Lipinski definition) is 3. The van der Waals surface area contributed by atoms with Crippen molar-refractivity contribution >= 4 is 17.3 Å². The summed E-state index contributed by atoms with van der Waals surface area (Å²) in [6.07, 6.45) is 6.71. The SMILES string of the molecule is Cc1cc(C(=CN)c2nc(NCC3CCOCC3)cc(OC3CCN(C4COC4)C3)n2)ccc1C(=O)NC1CC1. The third-order valence-corrected chi connectivity index (χ3v) is 8.32. The number of rotatable bonds is 10. The molecule has 40 heavy (non-hydrogen) atoms. The van der Waals surface area contributed by atoms with Crippen molar-refractivity contribution in [3.05, 3.63) is 53.0 Å². The zero-order chi connectivity index (χ0) is 27.5. The number of carbonyl (C=O) groups excluding carboxylic acids is 1. The van der Waals surface area contributed by atoms with Crippen molar-refractivity contribution in [2.75, 3.05) is 51.4 Å². The van der Waals surface area contributed by atoms with Gasteiger partial charge in [0.1, 0.15) is 11.9 Å². The lowest BCUT2D eigenvalue weighted by atomic mass is 9.99. The molecule has 4 fully saturated rings. The van der Waals surface area contributed by atoms with Crippen LogP contribution >= 0.6 is 0 Å². The maximum atomic E-state index is 12.7. The number of nitrogens with zero attached hydrogens (tertiary/aromatic N) is 3. The number of carbonyl (C=O) groups is 1. The highest BCUT2D eigenvalue weighted by Crippen LogP contribution is 2.28. The zero-order valence-corrected chi connectivity index (χ0v) is 23.2. The predicted octanol–water partition coefficient (Wildman–Crippen LogP) is 2.72. The van der Waals surface area contributed by atoms with Crippen molar-refractivity contribution in [2.45, 2.75) is 57.2 Å². The molecule has 4 aliphatic rings. The molecule has 1 saturated carbocycles. The van der Waals surface area contributed by atoms with Crippen LogP contribution in [0.5, 0.6) is 5.88 Å². The van der Waals surface area contributed by atoms with Gasteiger partial charge in [-0.3, -0.25) is 9.69 Å². The molecular weight excluding hydrogens is 508 g/mol. The van der Waals surface area contributed by atoms with Gasteiger partial charge >= 0.3 is 0 Å². The average molecular weight is 549 g/mol. The van der Waals surface area contributed by atoms with Crippen LogP contribution in [0.25, 0.3) is 5.57 Å². The molecule has 4 heterocycles. The van der Waals surface area contributed by atoms with Crippen LogP contribution in [0.15, 0.2) is 30.5 Å². The molecule has 4 N–H and O–H groups in total. The Morgan fingerprint density at radius 1 is 1.12 bits per heavy atom. The van der Waals surface area contributed by atoms with Crippen LogP contribution in [-0.4, -0.2) is 85.0 Å². The van der Waals surface area contributed by atoms with Gasteiger partial charge in [-0.15, -0.1) is 0 Å². The Bertz CT molecular complexity index is 1240. The van der Waals surface area contributed by atoms with Crippen molar-refractivity contribution in [2.24, 2.45) is 11.7 Å². The van der Waals surface area contributed by atoms with Gasteiger partial charge in [0.05, 0.1) is 19.3 Å². The summed E-state index contributed by atoms with van der Waals surface area (Å²) >= 11 is 0. The molecule has 0 spiro atoms. The first-order chi connectivity index (χ1) is 19.6. The van der Waals surface area contributed by atoms with Gasteiger partial charge in [0.2, 0.25) is 5.88 Å². The number of ether oxygens (including phenoxy) is 3. The monoisotopic (exact) mass is 548 g/mol. The second kappa shape index (κ2) is 12.1. The third kappa shape index (κ3) is 6.40. The topological polar surface area (TPSA) is 124 Å². The van der Waals surface area contributed by atoms with E-state index in [0.717, 1.165) is 89.3 Å². The smallest absolute Gasteiger partial charge is 0.251 e. The number of benzene rings is 1. The summed E-state index contributed by atoms with van der Waals surface area (Å²) < 4.78 is 17.3. The van der Waals surface area contributed by atoms with E-state index in [4.69, 9.17) is 29.9 Å². The van der Waals surface area contributed by atoms with Gasteiger partial charge in [-0.25, -0.2) is 4.98 Å². The predicted molar refractivity (Wildman–Crippen MR) is 152 cm³/mol. The Morgan fingerprint density at radius 2 is 1.95 bits per heavy atom. The molecule has 3 aliphatic heterocycles. The van der Waals surface area contributed by atoms with Gasteiger partial charge in [-0.1, -0.05) is 12.1 Å². The van der Waals surface area contributed by atoms with Crippen LogP contribution in [0.1, 0.15) is 59.4 Å². The Morgan fingerprint density at radius 3 is 2.65 bits per heavy atom. The molecule has 1 atom stereocenters. The van der Waals surface area contributed by atoms with Crippen LogP contribution in [0.4, 0.5) is 5.82 Å². The average Bonchev–Trinajstić information content (AvgIpc) is 3.63. The molecule has 214 valence electrons. The first-order valence-electron chi connectivity index (χ1n) is 14.6. The number of nitrogens with two attached hydrogens (primary N) is 1. The summed E-state index contributed by atoms with van der Waals surface area (Å²) in [7, 11) is 0.